The van der Waals surface area contributed by atoms with Crippen molar-refractivity contribution in [3.63, 3.8) is 0 Å². The van der Waals surface area contributed by atoms with Crippen LogP contribution in [0.3, 0.4) is 0 Å². The van der Waals surface area contributed by atoms with Crippen molar-refractivity contribution in [3.05, 3.63) is 84.4 Å². The maximum atomic E-state index is 12.4. The van der Waals surface area contributed by atoms with Crippen LogP contribution in [-0.4, -0.2) is 21.4 Å². The van der Waals surface area contributed by atoms with Gasteiger partial charge in [-0.2, -0.15) is 0 Å². The highest BCUT2D eigenvalue weighted by atomic mass is 32.2. The molecule has 6 nitrogen and oxygen atoms in total. The first-order chi connectivity index (χ1) is 13.0. The van der Waals surface area contributed by atoms with Gasteiger partial charge >= 0.3 is 0 Å². The third-order valence-electron chi connectivity index (χ3n) is 3.78. The molecule has 7 heteroatoms. The van der Waals surface area contributed by atoms with Crippen LogP contribution in [0.1, 0.15) is 10.4 Å². The molecule has 0 fully saturated rings. The zero-order chi connectivity index (χ0) is 19.3. The smallest absolute Gasteiger partial charge is 0.261 e. The number of para-hydroxylation sites is 1. The number of carbonyl (C=O) groups excluding carboxylic acids is 1. The molecule has 138 valence electrons. The van der Waals surface area contributed by atoms with Crippen LogP contribution < -0.4 is 14.8 Å². The van der Waals surface area contributed by atoms with Crippen molar-refractivity contribution in [1.82, 2.24) is 0 Å². The van der Waals surface area contributed by atoms with Crippen LogP contribution in [0, 0.1) is 0 Å². The van der Waals surface area contributed by atoms with Gasteiger partial charge in [-0.1, -0.05) is 24.3 Å². The van der Waals surface area contributed by atoms with Gasteiger partial charge in [-0.25, -0.2) is 8.42 Å². The first-order valence-corrected chi connectivity index (χ1v) is 9.59. The predicted molar refractivity (Wildman–Crippen MR) is 105 cm³/mol. The monoisotopic (exact) mass is 382 g/mol. The number of ether oxygens (including phenoxy) is 1. The molecular formula is C20H18N2O4S. The van der Waals surface area contributed by atoms with Crippen LogP contribution >= 0.6 is 0 Å². The van der Waals surface area contributed by atoms with Gasteiger partial charge in [0, 0.05) is 23.0 Å². The highest BCUT2D eigenvalue weighted by Crippen LogP contribution is 2.19. The standard InChI is InChI=1S/C20H18N2O4S/c1-26-18-9-5-8-17(14-18)21-20(23)15-10-12-19(13-11-15)27(24,25)22-16-6-3-2-4-7-16/h2-14,22H,1H3,(H,21,23). The zero-order valence-corrected chi connectivity index (χ0v) is 15.4. The molecule has 1 amide bonds. The fourth-order valence-corrected chi connectivity index (χ4v) is 3.47. The van der Waals surface area contributed by atoms with E-state index in [9.17, 15) is 13.2 Å². The van der Waals surface area contributed by atoms with Gasteiger partial charge in [-0.3, -0.25) is 9.52 Å². The van der Waals surface area contributed by atoms with E-state index >= 15 is 0 Å². The summed E-state index contributed by atoms with van der Waals surface area (Å²) in [7, 11) is -2.18. The zero-order valence-electron chi connectivity index (χ0n) is 14.5. The van der Waals surface area contributed by atoms with Gasteiger partial charge in [0.1, 0.15) is 5.75 Å². The van der Waals surface area contributed by atoms with E-state index in [-0.39, 0.29) is 10.8 Å². The molecule has 0 saturated carbocycles. The maximum absolute atomic E-state index is 12.4. The SMILES string of the molecule is COc1cccc(NC(=O)c2ccc(S(=O)(=O)Nc3ccccc3)cc2)c1. The topological polar surface area (TPSA) is 84.5 Å². The first kappa shape index (κ1) is 18.5. The Morgan fingerprint density at radius 1 is 0.852 bits per heavy atom. The molecule has 0 radical (unpaired) electrons. The Morgan fingerprint density at radius 2 is 1.52 bits per heavy atom. The predicted octanol–water partition coefficient (Wildman–Crippen LogP) is 3.75. The van der Waals surface area contributed by atoms with Gasteiger partial charge in [0.25, 0.3) is 15.9 Å². The number of anilines is 2. The Labute approximate surface area is 157 Å². The minimum atomic E-state index is -3.72. The summed E-state index contributed by atoms with van der Waals surface area (Å²) < 4.78 is 32.5. The van der Waals surface area contributed by atoms with Crippen molar-refractivity contribution in [1.29, 1.82) is 0 Å². The molecular weight excluding hydrogens is 364 g/mol. The van der Waals surface area contributed by atoms with Crippen molar-refractivity contribution in [2.24, 2.45) is 0 Å². The molecule has 0 aliphatic carbocycles. The average Bonchev–Trinajstić information content (AvgIpc) is 2.68. The summed E-state index contributed by atoms with van der Waals surface area (Å²) >= 11 is 0. The van der Waals surface area contributed by atoms with E-state index in [1.54, 1.807) is 61.7 Å². The third-order valence-corrected chi connectivity index (χ3v) is 5.18. The molecule has 2 N–H and O–H groups in total. The highest BCUT2D eigenvalue weighted by Gasteiger charge is 2.15. The van der Waals surface area contributed by atoms with Gasteiger partial charge in [-0.15, -0.1) is 0 Å². The molecule has 27 heavy (non-hydrogen) atoms. The van der Waals surface area contributed by atoms with E-state index < -0.39 is 10.0 Å². The molecule has 3 aromatic rings. The summed E-state index contributed by atoms with van der Waals surface area (Å²) in [5.41, 5.74) is 1.40. The number of benzene rings is 3. The Bertz CT molecular complexity index is 1030. The second kappa shape index (κ2) is 7.92. The Balaban J connectivity index is 1.73. The maximum Gasteiger partial charge on any atom is 0.261 e. The van der Waals surface area contributed by atoms with E-state index in [0.717, 1.165) is 0 Å². The highest BCUT2D eigenvalue weighted by molar-refractivity contribution is 7.92. The molecule has 0 heterocycles. The minimum absolute atomic E-state index is 0.0734. The van der Waals surface area contributed by atoms with Crippen molar-refractivity contribution >= 4 is 27.3 Å². The summed E-state index contributed by atoms with van der Waals surface area (Å²) in [6.45, 7) is 0. The molecule has 0 spiro atoms. The van der Waals surface area contributed by atoms with E-state index in [0.29, 0.717) is 22.7 Å². The largest absolute Gasteiger partial charge is 0.497 e. The number of amides is 1. The normalized spacial score (nSPS) is 10.9. The van der Waals surface area contributed by atoms with Crippen molar-refractivity contribution in [2.45, 2.75) is 4.90 Å². The summed E-state index contributed by atoms with van der Waals surface area (Å²) in [6, 6.07) is 21.3. The number of nitrogens with one attached hydrogen (secondary N) is 2. The van der Waals surface area contributed by atoms with Crippen LogP contribution in [-0.2, 0) is 10.0 Å². The molecule has 0 aliphatic heterocycles. The van der Waals surface area contributed by atoms with E-state index in [4.69, 9.17) is 4.74 Å². The lowest BCUT2D eigenvalue weighted by atomic mass is 10.2. The molecule has 0 saturated heterocycles. The van der Waals surface area contributed by atoms with E-state index in [2.05, 4.69) is 10.0 Å². The van der Waals surface area contributed by atoms with Crippen molar-refractivity contribution < 1.29 is 17.9 Å². The molecule has 0 bridgehead atoms. The lowest BCUT2D eigenvalue weighted by molar-refractivity contribution is 0.102. The second-order valence-electron chi connectivity index (χ2n) is 5.68. The molecule has 0 unspecified atom stereocenters. The number of carbonyl (C=O) groups is 1. The number of methoxy groups -OCH3 is 1. The van der Waals surface area contributed by atoms with Gasteiger partial charge in [0.2, 0.25) is 0 Å². The third kappa shape index (κ3) is 4.65. The van der Waals surface area contributed by atoms with E-state index in [1.807, 2.05) is 0 Å². The molecule has 0 aliphatic rings. The summed E-state index contributed by atoms with van der Waals surface area (Å²) in [5, 5.41) is 2.75. The summed E-state index contributed by atoms with van der Waals surface area (Å²) in [4.78, 5) is 12.4. The van der Waals surface area contributed by atoms with Gasteiger partial charge in [0.15, 0.2) is 0 Å². The second-order valence-corrected chi connectivity index (χ2v) is 7.36. The van der Waals surface area contributed by atoms with E-state index in [1.165, 1.54) is 24.3 Å². The number of rotatable bonds is 6. The van der Waals surface area contributed by atoms with Crippen LogP contribution in [0.5, 0.6) is 5.75 Å². The number of hydrogen-bond donors (Lipinski definition) is 2. The Hall–Kier alpha value is -3.32. The minimum Gasteiger partial charge on any atom is -0.497 e. The first-order valence-electron chi connectivity index (χ1n) is 8.11. The molecule has 0 aromatic heterocycles. The molecule has 3 rings (SSSR count). The van der Waals surface area contributed by atoms with Crippen LogP contribution in [0.2, 0.25) is 0 Å². The Morgan fingerprint density at radius 3 is 2.19 bits per heavy atom. The van der Waals surface area contributed by atoms with Crippen LogP contribution in [0.15, 0.2) is 83.8 Å². The molecule has 3 aromatic carbocycles. The fourth-order valence-electron chi connectivity index (χ4n) is 2.41. The summed E-state index contributed by atoms with van der Waals surface area (Å²) in [5.74, 6) is 0.282. The van der Waals surface area contributed by atoms with Crippen LogP contribution in [0.25, 0.3) is 0 Å². The van der Waals surface area contributed by atoms with Gasteiger partial charge in [-0.05, 0) is 48.5 Å². The molecule has 0 atom stereocenters. The fraction of sp³-hybridized carbons (Fsp3) is 0.0500. The average molecular weight is 382 g/mol. The lowest BCUT2D eigenvalue weighted by Crippen LogP contribution is -2.14. The summed E-state index contributed by atoms with van der Waals surface area (Å²) in [6.07, 6.45) is 0. The van der Waals surface area contributed by atoms with Gasteiger partial charge in [0.05, 0.1) is 12.0 Å². The van der Waals surface area contributed by atoms with Gasteiger partial charge < -0.3 is 10.1 Å². The number of hydrogen-bond acceptors (Lipinski definition) is 4. The lowest BCUT2D eigenvalue weighted by Gasteiger charge is -2.09. The Kier molecular flexibility index (Phi) is 5.42. The quantitative estimate of drug-likeness (QED) is 0.680. The van der Waals surface area contributed by atoms with Crippen molar-refractivity contribution in [3.8, 4) is 5.75 Å². The number of sulfonamides is 1. The van der Waals surface area contributed by atoms with Crippen LogP contribution in [0.4, 0.5) is 11.4 Å². The van der Waals surface area contributed by atoms with Crippen molar-refractivity contribution in [2.75, 3.05) is 17.1 Å².